The van der Waals surface area contributed by atoms with Crippen LogP contribution in [0.4, 0.5) is 0 Å². The molecule has 1 atom stereocenters. The maximum atomic E-state index is 6.50. The number of hydrogen-bond donors (Lipinski definition) is 1. The normalized spacial score (nSPS) is 14.2. The Morgan fingerprint density at radius 2 is 1.84 bits per heavy atom. The molecule has 0 aliphatic rings. The number of rotatable bonds is 3. The van der Waals surface area contributed by atoms with Crippen LogP contribution < -0.4 is 5.73 Å². The monoisotopic (exact) mass is 273 g/mol. The summed E-state index contributed by atoms with van der Waals surface area (Å²) >= 11 is 6.05. The van der Waals surface area contributed by atoms with Crippen LogP contribution in [0.15, 0.2) is 42.5 Å². The molecule has 2 rings (SSSR count). The van der Waals surface area contributed by atoms with Gasteiger partial charge in [0.05, 0.1) is 0 Å². The minimum absolute atomic E-state index is 0.413. The van der Waals surface area contributed by atoms with Gasteiger partial charge in [-0.25, -0.2) is 0 Å². The largest absolute Gasteiger partial charge is 0.321 e. The minimum atomic E-state index is -0.413. The van der Waals surface area contributed by atoms with Gasteiger partial charge in [0.25, 0.3) is 0 Å². The molecule has 0 saturated heterocycles. The second-order valence-corrected chi connectivity index (χ2v) is 5.97. The highest BCUT2D eigenvalue weighted by molar-refractivity contribution is 6.30. The zero-order valence-corrected chi connectivity index (χ0v) is 12.5. The van der Waals surface area contributed by atoms with Crippen LogP contribution in [-0.4, -0.2) is 0 Å². The van der Waals surface area contributed by atoms with Crippen LogP contribution in [0.3, 0.4) is 0 Å². The Hall–Kier alpha value is -1.31. The summed E-state index contributed by atoms with van der Waals surface area (Å²) in [6, 6.07) is 14.3. The molecule has 0 amide bonds. The number of hydrogen-bond acceptors (Lipinski definition) is 1. The third-order valence-electron chi connectivity index (χ3n) is 3.55. The summed E-state index contributed by atoms with van der Waals surface area (Å²) in [6.45, 7) is 6.29. The highest BCUT2D eigenvalue weighted by Gasteiger charge is 2.22. The van der Waals surface area contributed by atoms with Gasteiger partial charge >= 0.3 is 0 Å². The molecular weight excluding hydrogens is 254 g/mol. The lowest BCUT2D eigenvalue weighted by Crippen LogP contribution is -2.35. The van der Waals surface area contributed by atoms with Crippen molar-refractivity contribution in [1.29, 1.82) is 0 Å². The Kier molecular flexibility index (Phi) is 3.98. The van der Waals surface area contributed by atoms with E-state index in [0.29, 0.717) is 0 Å². The van der Waals surface area contributed by atoms with Crippen molar-refractivity contribution in [3.63, 3.8) is 0 Å². The topological polar surface area (TPSA) is 26.0 Å². The van der Waals surface area contributed by atoms with Gasteiger partial charge < -0.3 is 5.73 Å². The summed E-state index contributed by atoms with van der Waals surface area (Å²) in [6.07, 6.45) is 0.806. The first-order valence-corrected chi connectivity index (χ1v) is 6.87. The van der Waals surface area contributed by atoms with Crippen LogP contribution in [0.5, 0.6) is 0 Å². The molecule has 19 heavy (non-hydrogen) atoms. The zero-order valence-electron chi connectivity index (χ0n) is 11.7. The van der Waals surface area contributed by atoms with E-state index < -0.39 is 5.54 Å². The van der Waals surface area contributed by atoms with Gasteiger partial charge in [-0.2, -0.15) is 0 Å². The van der Waals surface area contributed by atoms with Gasteiger partial charge in [0.2, 0.25) is 0 Å². The van der Waals surface area contributed by atoms with E-state index in [2.05, 4.69) is 39.0 Å². The third-order valence-corrected chi connectivity index (χ3v) is 3.78. The molecule has 0 bridgehead atoms. The molecule has 2 aromatic carbocycles. The van der Waals surface area contributed by atoms with Crippen LogP contribution >= 0.6 is 11.6 Å². The summed E-state index contributed by atoms with van der Waals surface area (Å²) in [5.74, 6) is 0. The Balaban J connectivity index is 2.33. The second kappa shape index (κ2) is 5.36. The van der Waals surface area contributed by atoms with E-state index in [9.17, 15) is 0 Å². The molecule has 0 saturated carbocycles. The standard InChI is InChI=1S/C17H20ClN/c1-12-7-8-13(2)14(9-12)11-17(3,19)15-5-4-6-16(18)10-15/h4-10H,11,19H2,1-3H3. The molecule has 0 aromatic heterocycles. The summed E-state index contributed by atoms with van der Waals surface area (Å²) < 4.78 is 0. The number of aryl methyl sites for hydroxylation is 2. The molecule has 1 unspecified atom stereocenters. The highest BCUT2D eigenvalue weighted by Crippen LogP contribution is 2.26. The van der Waals surface area contributed by atoms with Crippen LogP contribution in [0.1, 0.15) is 29.2 Å². The van der Waals surface area contributed by atoms with Crippen LogP contribution in [0, 0.1) is 13.8 Å². The highest BCUT2D eigenvalue weighted by atomic mass is 35.5. The second-order valence-electron chi connectivity index (χ2n) is 5.53. The fourth-order valence-corrected chi connectivity index (χ4v) is 2.52. The third kappa shape index (κ3) is 3.37. The van der Waals surface area contributed by atoms with Crippen LogP contribution in [0.25, 0.3) is 0 Å². The van der Waals surface area contributed by atoms with Crippen molar-refractivity contribution in [3.8, 4) is 0 Å². The maximum Gasteiger partial charge on any atom is 0.0422 e. The summed E-state index contributed by atoms with van der Waals surface area (Å²) in [4.78, 5) is 0. The first-order valence-electron chi connectivity index (χ1n) is 6.49. The molecule has 0 spiro atoms. The van der Waals surface area contributed by atoms with Gasteiger partial charge in [-0.05, 0) is 56.0 Å². The number of benzene rings is 2. The van der Waals surface area contributed by atoms with E-state index in [1.165, 1.54) is 16.7 Å². The van der Waals surface area contributed by atoms with Crippen molar-refractivity contribution in [2.75, 3.05) is 0 Å². The first kappa shape index (κ1) is 14.1. The van der Waals surface area contributed by atoms with Gasteiger partial charge in [0.15, 0.2) is 0 Å². The Morgan fingerprint density at radius 1 is 1.11 bits per heavy atom. The molecule has 0 radical (unpaired) electrons. The fraction of sp³-hybridized carbons (Fsp3) is 0.294. The Labute approximate surface area is 120 Å². The van der Waals surface area contributed by atoms with E-state index in [4.69, 9.17) is 17.3 Å². The summed E-state index contributed by atoms with van der Waals surface area (Å²) in [5.41, 5.74) is 11.0. The van der Waals surface area contributed by atoms with Crippen molar-refractivity contribution in [2.45, 2.75) is 32.7 Å². The van der Waals surface area contributed by atoms with Crippen molar-refractivity contribution >= 4 is 11.6 Å². The van der Waals surface area contributed by atoms with Gasteiger partial charge in [-0.15, -0.1) is 0 Å². The quantitative estimate of drug-likeness (QED) is 0.883. The molecule has 2 aromatic rings. The van der Waals surface area contributed by atoms with E-state index in [-0.39, 0.29) is 0 Å². The number of nitrogens with two attached hydrogens (primary N) is 1. The van der Waals surface area contributed by atoms with Crippen LogP contribution in [0.2, 0.25) is 5.02 Å². The SMILES string of the molecule is Cc1ccc(C)c(CC(C)(N)c2cccc(Cl)c2)c1. The van der Waals surface area contributed by atoms with Gasteiger partial charge in [-0.1, -0.05) is 47.5 Å². The van der Waals surface area contributed by atoms with Crippen LogP contribution in [-0.2, 0) is 12.0 Å². The molecule has 0 fully saturated rings. The van der Waals surface area contributed by atoms with E-state index in [1.807, 2.05) is 24.3 Å². The van der Waals surface area contributed by atoms with Crippen molar-refractivity contribution in [3.05, 3.63) is 69.7 Å². The molecule has 0 heterocycles. The lowest BCUT2D eigenvalue weighted by Gasteiger charge is -2.26. The van der Waals surface area contributed by atoms with E-state index in [1.54, 1.807) is 0 Å². The lowest BCUT2D eigenvalue weighted by atomic mass is 9.85. The van der Waals surface area contributed by atoms with E-state index >= 15 is 0 Å². The lowest BCUT2D eigenvalue weighted by molar-refractivity contribution is 0.490. The van der Waals surface area contributed by atoms with Gasteiger partial charge in [-0.3, -0.25) is 0 Å². The zero-order chi connectivity index (χ0) is 14.0. The summed E-state index contributed by atoms with van der Waals surface area (Å²) in [5, 5.41) is 0.732. The Morgan fingerprint density at radius 3 is 2.53 bits per heavy atom. The fourth-order valence-electron chi connectivity index (χ4n) is 2.33. The molecule has 2 heteroatoms. The van der Waals surface area contributed by atoms with Crippen molar-refractivity contribution < 1.29 is 0 Å². The predicted octanol–water partition coefficient (Wildman–Crippen LogP) is 4.37. The molecule has 0 aliphatic carbocycles. The molecular formula is C17H20ClN. The molecule has 0 aliphatic heterocycles. The smallest absolute Gasteiger partial charge is 0.0422 e. The molecule has 100 valence electrons. The predicted molar refractivity (Wildman–Crippen MR) is 82.6 cm³/mol. The average molecular weight is 274 g/mol. The minimum Gasteiger partial charge on any atom is -0.321 e. The van der Waals surface area contributed by atoms with E-state index in [0.717, 1.165) is 17.0 Å². The first-order chi connectivity index (χ1) is 8.88. The molecule has 1 nitrogen and oxygen atoms in total. The van der Waals surface area contributed by atoms with Crippen molar-refractivity contribution in [1.82, 2.24) is 0 Å². The van der Waals surface area contributed by atoms with Gasteiger partial charge in [0, 0.05) is 10.6 Å². The molecule has 2 N–H and O–H groups in total. The van der Waals surface area contributed by atoms with Gasteiger partial charge in [0.1, 0.15) is 0 Å². The summed E-state index contributed by atoms with van der Waals surface area (Å²) in [7, 11) is 0. The van der Waals surface area contributed by atoms with Crippen molar-refractivity contribution in [2.24, 2.45) is 5.73 Å². The average Bonchev–Trinajstić information content (AvgIpc) is 2.33. The number of halogens is 1. The Bertz CT molecular complexity index is 588. The maximum absolute atomic E-state index is 6.50.